The van der Waals surface area contributed by atoms with Gasteiger partial charge in [0.2, 0.25) is 5.75 Å². The maximum atomic E-state index is 10.2. The third kappa shape index (κ3) is 2.50. The molecule has 0 atom stereocenters. The largest absolute Gasteiger partial charge is 0.506 e. The van der Waals surface area contributed by atoms with Crippen LogP contribution in [0.4, 0.5) is 5.69 Å². The van der Waals surface area contributed by atoms with Crippen LogP contribution in [0.3, 0.4) is 0 Å². The number of benzene rings is 1. The highest BCUT2D eigenvalue weighted by Crippen LogP contribution is 2.43. The van der Waals surface area contributed by atoms with Gasteiger partial charge >= 0.3 is 0 Å². The Kier molecular flexibility index (Phi) is 3.90. The lowest BCUT2D eigenvalue weighted by Gasteiger charge is -2.21. The second-order valence-corrected chi connectivity index (χ2v) is 5.44. The number of aromatic hydroxyl groups is 1. The number of anilines is 1. The molecule has 1 aromatic carbocycles. The number of aryl methyl sites for hydroxylation is 1. The summed E-state index contributed by atoms with van der Waals surface area (Å²) in [4.78, 5) is 6.36. The van der Waals surface area contributed by atoms with Gasteiger partial charge in [-0.25, -0.2) is 0 Å². The Morgan fingerprint density at radius 2 is 1.70 bits per heavy atom. The highest BCUT2D eigenvalue weighted by Gasteiger charge is 2.25. The van der Waals surface area contributed by atoms with Crippen LogP contribution in [0.25, 0.3) is 0 Å². The van der Waals surface area contributed by atoms with Gasteiger partial charge in [0.15, 0.2) is 11.5 Å². The number of methoxy groups -OCH3 is 3. The average molecular weight is 316 g/mol. The van der Waals surface area contributed by atoms with Gasteiger partial charge in [-0.15, -0.1) is 0 Å². The summed E-state index contributed by atoms with van der Waals surface area (Å²) in [6, 6.07) is 3.81. The monoisotopic (exact) mass is 316 g/mol. The first-order chi connectivity index (χ1) is 11.1. The van der Waals surface area contributed by atoms with Gasteiger partial charge in [0.1, 0.15) is 5.75 Å². The highest BCUT2D eigenvalue weighted by atomic mass is 16.5. The minimum Gasteiger partial charge on any atom is -0.506 e. The quantitative estimate of drug-likeness (QED) is 0.935. The van der Waals surface area contributed by atoms with E-state index < -0.39 is 0 Å². The van der Waals surface area contributed by atoms with Crippen LogP contribution >= 0.6 is 0 Å². The summed E-state index contributed by atoms with van der Waals surface area (Å²) < 4.78 is 16.2. The molecule has 6 heteroatoms. The van der Waals surface area contributed by atoms with Crippen molar-refractivity contribution in [2.45, 2.75) is 20.0 Å². The van der Waals surface area contributed by atoms with Crippen LogP contribution in [-0.4, -0.2) is 31.4 Å². The van der Waals surface area contributed by atoms with Gasteiger partial charge in [0.05, 0.1) is 27.0 Å². The zero-order chi connectivity index (χ0) is 16.6. The van der Waals surface area contributed by atoms with Crippen molar-refractivity contribution in [3.05, 3.63) is 35.2 Å². The van der Waals surface area contributed by atoms with E-state index in [0.717, 1.165) is 16.8 Å². The van der Waals surface area contributed by atoms with Crippen LogP contribution in [0.1, 0.15) is 16.8 Å². The molecule has 6 nitrogen and oxygen atoms in total. The standard InChI is InChI=1S/C17H20N2O4/c1-10-16(20)13-9-19(8-11(13)7-18-10)12-5-14(21-2)17(23-4)15(6-12)22-3/h5-7,20H,8-9H2,1-4H3. The van der Waals surface area contributed by atoms with Crippen molar-refractivity contribution < 1.29 is 19.3 Å². The smallest absolute Gasteiger partial charge is 0.203 e. The molecular formula is C17H20N2O4. The molecule has 0 spiro atoms. The fourth-order valence-electron chi connectivity index (χ4n) is 2.88. The van der Waals surface area contributed by atoms with Crippen LogP contribution in [0, 0.1) is 6.92 Å². The fraction of sp³-hybridized carbons (Fsp3) is 0.353. The first kappa shape index (κ1) is 15.3. The van der Waals surface area contributed by atoms with E-state index >= 15 is 0 Å². The van der Waals surface area contributed by atoms with Gasteiger partial charge in [0, 0.05) is 42.7 Å². The lowest BCUT2D eigenvalue weighted by Crippen LogP contribution is -2.14. The normalized spacial score (nSPS) is 13.0. The maximum absolute atomic E-state index is 10.2. The summed E-state index contributed by atoms with van der Waals surface area (Å²) in [5, 5.41) is 10.2. The third-order valence-corrected chi connectivity index (χ3v) is 4.16. The molecule has 0 radical (unpaired) electrons. The van der Waals surface area contributed by atoms with Crippen molar-refractivity contribution in [3.63, 3.8) is 0 Å². The molecule has 2 heterocycles. The Labute approximate surface area is 135 Å². The van der Waals surface area contributed by atoms with Gasteiger partial charge in [-0.3, -0.25) is 4.98 Å². The maximum Gasteiger partial charge on any atom is 0.203 e. The van der Waals surface area contributed by atoms with Crippen LogP contribution in [0.5, 0.6) is 23.0 Å². The summed E-state index contributed by atoms with van der Waals surface area (Å²) in [7, 11) is 4.77. The van der Waals surface area contributed by atoms with Crippen molar-refractivity contribution in [1.82, 2.24) is 4.98 Å². The molecule has 23 heavy (non-hydrogen) atoms. The van der Waals surface area contributed by atoms with Gasteiger partial charge < -0.3 is 24.2 Å². The highest BCUT2D eigenvalue weighted by molar-refractivity contribution is 5.65. The van der Waals surface area contributed by atoms with Crippen LogP contribution in [-0.2, 0) is 13.1 Å². The second-order valence-electron chi connectivity index (χ2n) is 5.44. The number of fused-ring (bicyclic) bond motifs is 1. The van der Waals surface area contributed by atoms with Crippen molar-refractivity contribution in [1.29, 1.82) is 0 Å². The molecule has 1 N–H and O–H groups in total. The Morgan fingerprint density at radius 1 is 1.04 bits per heavy atom. The molecule has 0 saturated heterocycles. The molecule has 3 rings (SSSR count). The molecule has 0 amide bonds. The first-order valence-electron chi connectivity index (χ1n) is 7.30. The number of pyridine rings is 1. The number of hydrogen-bond donors (Lipinski definition) is 1. The molecule has 0 saturated carbocycles. The first-order valence-corrected chi connectivity index (χ1v) is 7.30. The summed E-state index contributed by atoms with van der Waals surface area (Å²) >= 11 is 0. The molecule has 1 aliphatic rings. The number of ether oxygens (including phenoxy) is 3. The van der Waals surface area contributed by atoms with E-state index in [1.165, 1.54) is 0 Å². The van der Waals surface area contributed by atoms with Crippen molar-refractivity contribution in [2.75, 3.05) is 26.2 Å². The number of nitrogens with zero attached hydrogens (tertiary/aromatic N) is 2. The Hall–Kier alpha value is -2.63. The van der Waals surface area contributed by atoms with E-state index in [0.29, 0.717) is 36.0 Å². The number of hydrogen-bond acceptors (Lipinski definition) is 6. The van der Waals surface area contributed by atoms with Crippen molar-refractivity contribution in [3.8, 4) is 23.0 Å². The Balaban J connectivity index is 1.99. The summed E-state index contributed by atoms with van der Waals surface area (Å²) in [5.74, 6) is 2.06. The molecule has 0 unspecified atom stereocenters. The molecule has 0 fully saturated rings. The number of rotatable bonds is 4. The lowest BCUT2D eigenvalue weighted by molar-refractivity contribution is 0.324. The lowest BCUT2D eigenvalue weighted by atomic mass is 10.1. The Morgan fingerprint density at radius 3 is 2.26 bits per heavy atom. The molecular weight excluding hydrogens is 296 g/mol. The molecule has 122 valence electrons. The molecule has 0 bridgehead atoms. The molecule has 1 aliphatic heterocycles. The van der Waals surface area contributed by atoms with Crippen molar-refractivity contribution in [2.24, 2.45) is 0 Å². The average Bonchev–Trinajstić information content (AvgIpc) is 3.01. The molecule has 2 aromatic rings. The Bertz CT molecular complexity index is 721. The van der Waals surface area contributed by atoms with E-state index in [9.17, 15) is 5.11 Å². The van der Waals surface area contributed by atoms with Crippen LogP contribution in [0.2, 0.25) is 0 Å². The van der Waals surface area contributed by atoms with E-state index in [4.69, 9.17) is 14.2 Å². The van der Waals surface area contributed by atoms with Crippen LogP contribution < -0.4 is 19.1 Å². The number of aromatic nitrogens is 1. The molecule has 1 aromatic heterocycles. The van der Waals surface area contributed by atoms with E-state index in [-0.39, 0.29) is 5.75 Å². The zero-order valence-corrected chi connectivity index (χ0v) is 13.7. The topological polar surface area (TPSA) is 64.1 Å². The molecule has 0 aliphatic carbocycles. The van der Waals surface area contributed by atoms with Gasteiger partial charge in [0.25, 0.3) is 0 Å². The van der Waals surface area contributed by atoms with Gasteiger partial charge in [-0.05, 0) is 12.5 Å². The minimum atomic E-state index is 0.275. The van der Waals surface area contributed by atoms with E-state index in [2.05, 4.69) is 9.88 Å². The van der Waals surface area contributed by atoms with Gasteiger partial charge in [-0.1, -0.05) is 0 Å². The van der Waals surface area contributed by atoms with Crippen LogP contribution in [0.15, 0.2) is 18.3 Å². The van der Waals surface area contributed by atoms with Gasteiger partial charge in [-0.2, -0.15) is 0 Å². The summed E-state index contributed by atoms with van der Waals surface area (Å²) in [5.41, 5.74) is 3.54. The van der Waals surface area contributed by atoms with Crippen molar-refractivity contribution >= 4 is 5.69 Å². The third-order valence-electron chi connectivity index (χ3n) is 4.16. The predicted octanol–water partition coefficient (Wildman–Crippen LogP) is 2.64. The summed E-state index contributed by atoms with van der Waals surface area (Å²) in [6.45, 7) is 3.09. The van der Waals surface area contributed by atoms with E-state index in [1.807, 2.05) is 18.3 Å². The minimum absolute atomic E-state index is 0.275. The summed E-state index contributed by atoms with van der Waals surface area (Å²) in [6.07, 6.45) is 1.82. The fourth-order valence-corrected chi connectivity index (χ4v) is 2.88. The second kappa shape index (κ2) is 5.87. The predicted molar refractivity (Wildman–Crippen MR) is 86.6 cm³/mol. The SMILES string of the molecule is COc1cc(N2Cc3cnc(C)c(O)c3C2)cc(OC)c1OC. The zero-order valence-electron chi connectivity index (χ0n) is 13.7. The van der Waals surface area contributed by atoms with E-state index in [1.54, 1.807) is 28.3 Å².